The molecule has 40 heavy (non-hydrogen) atoms. The fraction of sp³-hybridized carbons (Fsp3) is 0.517. The van der Waals surface area contributed by atoms with Crippen LogP contribution in [0.4, 0.5) is 23.3 Å². The molecule has 0 amide bonds. The van der Waals surface area contributed by atoms with Gasteiger partial charge in [-0.1, -0.05) is 19.9 Å². The van der Waals surface area contributed by atoms with Gasteiger partial charge in [0.05, 0.1) is 23.8 Å². The van der Waals surface area contributed by atoms with Crippen molar-refractivity contribution in [2.24, 2.45) is 11.8 Å². The first-order valence-corrected chi connectivity index (χ1v) is 15.8. The van der Waals surface area contributed by atoms with Crippen LogP contribution in [-0.4, -0.2) is 74.3 Å². The minimum Gasteiger partial charge on any atom is -0.380 e. The van der Waals surface area contributed by atoms with Crippen molar-refractivity contribution in [3.05, 3.63) is 42.2 Å². The number of anilines is 4. The maximum atomic E-state index is 11.8. The van der Waals surface area contributed by atoms with Crippen LogP contribution in [0.3, 0.4) is 0 Å². The minimum atomic E-state index is -3.02. The Labute approximate surface area is 236 Å². The summed E-state index contributed by atoms with van der Waals surface area (Å²) in [7, 11) is -1.37. The molecule has 0 saturated carbocycles. The van der Waals surface area contributed by atoms with Crippen LogP contribution in [0, 0.1) is 23.2 Å². The van der Waals surface area contributed by atoms with Crippen LogP contribution in [0.5, 0.6) is 0 Å². The molecule has 0 bridgehead atoms. The highest BCUT2D eigenvalue weighted by Crippen LogP contribution is 2.39. The van der Waals surface area contributed by atoms with E-state index in [2.05, 4.69) is 60.2 Å². The monoisotopic (exact) mass is 563 g/mol. The molecule has 5 rings (SSSR count). The van der Waals surface area contributed by atoms with E-state index in [0.717, 1.165) is 29.4 Å². The molecule has 1 aromatic carbocycles. The predicted molar refractivity (Wildman–Crippen MR) is 158 cm³/mol. The quantitative estimate of drug-likeness (QED) is 0.428. The third-order valence-corrected chi connectivity index (χ3v) is 9.20. The number of nitrogens with zero attached hydrogens (tertiary/aromatic N) is 6. The summed E-state index contributed by atoms with van der Waals surface area (Å²) < 4.78 is 29.2. The molecule has 2 aliphatic rings. The summed E-state index contributed by atoms with van der Waals surface area (Å²) in [5.74, 6) is 2.28. The third kappa shape index (κ3) is 5.69. The summed E-state index contributed by atoms with van der Waals surface area (Å²) in [4.78, 5) is 18.2. The van der Waals surface area contributed by atoms with Gasteiger partial charge in [0, 0.05) is 68.4 Å². The van der Waals surface area contributed by atoms with Gasteiger partial charge in [0.2, 0.25) is 5.95 Å². The lowest BCUT2D eigenvalue weighted by Gasteiger charge is -2.48. The van der Waals surface area contributed by atoms with Gasteiger partial charge in [-0.05, 0) is 48.4 Å². The molecule has 212 valence electrons. The molecule has 4 atom stereocenters. The zero-order valence-corrected chi connectivity index (χ0v) is 24.5. The van der Waals surface area contributed by atoms with Crippen molar-refractivity contribution in [1.29, 1.82) is 5.26 Å². The summed E-state index contributed by atoms with van der Waals surface area (Å²) >= 11 is 0. The van der Waals surface area contributed by atoms with Gasteiger partial charge in [0.1, 0.15) is 21.5 Å². The number of ether oxygens (including phenoxy) is 1. The van der Waals surface area contributed by atoms with Gasteiger partial charge < -0.3 is 19.9 Å². The lowest BCUT2D eigenvalue weighted by Crippen LogP contribution is -2.57. The second-order valence-corrected chi connectivity index (χ2v) is 13.5. The molecule has 0 radical (unpaired) electrons. The van der Waals surface area contributed by atoms with Gasteiger partial charge in [-0.25, -0.2) is 18.4 Å². The van der Waals surface area contributed by atoms with E-state index in [1.54, 1.807) is 13.3 Å². The first-order valence-electron chi connectivity index (χ1n) is 13.7. The molecule has 10 nitrogen and oxygen atoms in total. The zero-order valence-electron chi connectivity index (χ0n) is 23.7. The van der Waals surface area contributed by atoms with E-state index in [9.17, 15) is 13.7 Å². The van der Waals surface area contributed by atoms with E-state index in [-0.39, 0.29) is 29.7 Å². The molecule has 2 fully saturated rings. The van der Waals surface area contributed by atoms with Crippen molar-refractivity contribution in [2.45, 2.75) is 45.3 Å². The molecule has 2 saturated heterocycles. The number of piperidine rings is 1. The standard InChI is InChI=1S/C29H37N7O3S/c1-18(2)22-6-7-25(36-16-21(19(36)3)17-40(5,37)38)24-14-32-28(12-23(22)24)33-27-8-10-31-29(34-27)35-11-9-26(39-4)20(13-30)15-35/h6-8,10,12,14,18-21,26H,9,11,15-17H2,1-5H3,(H,31,32,33,34)/t19-,20?,21-,26+/m1/s1. The van der Waals surface area contributed by atoms with Gasteiger partial charge in [0.25, 0.3) is 0 Å². The number of hydrogen-bond acceptors (Lipinski definition) is 10. The number of methoxy groups -OCH3 is 1. The lowest BCUT2D eigenvalue weighted by atomic mass is 9.88. The minimum absolute atomic E-state index is 0.0748. The van der Waals surface area contributed by atoms with E-state index in [1.165, 1.54) is 11.8 Å². The molecule has 1 N–H and O–H groups in total. The fourth-order valence-electron chi connectivity index (χ4n) is 5.88. The molecule has 0 spiro atoms. The highest BCUT2D eigenvalue weighted by Gasteiger charge is 2.38. The summed E-state index contributed by atoms with van der Waals surface area (Å²) in [5.41, 5.74) is 2.29. The zero-order chi connectivity index (χ0) is 28.6. The van der Waals surface area contributed by atoms with Crippen LogP contribution in [0.2, 0.25) is 0 Å². The second kappa shape index (κ2) is 11.2. The van der Waals surface area contributed by atoms with E-state index in [4.69, 9.17) is 14.7 Å². The van der Waals surface area contributed by atoms with Crippen LogP contribution >= 0.6 is 0 Å². The van der Waals surface area contributed by atoms with Crippen LogP contribution in [0.15, 0.2) is 36.7 Å². The Bertz CT molecular complexity index is 1540. The van der Waals surface area contributed by atoms with E-state index in [0.29, 0.717) is 36.6 Å². The molecular weight excluding hydrogens is 526 g/mol. The second-order valence-electron chi connectivity index (χ2n) is 11.3. The Hall–Kier alpha value is -3.49. The van der Waals surface area contributed by atoms with Crippen molar-refractivity contribution in [3.63, 3.8) is 0 Å². The summed E-state index contributed by atoms with van der Waals surface area (Å²) in [6.07, 6.45) is 5.58. The SMILES string of the molecule is CO[C@H]1CCN(c2nccc(Nc3cc4c(C(C)C)ccc(N5C[C@H](CS(C)(=O)=O)[C@H]5C)c4cn3)n2)CC1C#N. The maximum absolute atomic E-state index is 11.8. The number of benzene rings is 1. The Morgan fingerprint density at radius 1 is 1.18 bits per heavy atom. The van der Waals surface area contributed by atoms with Crippen LogP contribution < -0.4 is 15.1 Å². The summed E-state index contributed by atoms with van der Waals surface area (Å²) in [6.45, 7) is 8.39. The van der Waals surface area contributed by atoms with Crippen molar-refractivity contribution in [1.82, 2.24) is 15.0 Å². The number of nitrogens with one attached hydrogen (secondary N) is 1. The molecule has 2 aliphatic heterocycles. The van der Waals surface area contributed by atoms with Crippen molar-refractivity contribution < 1.29 is 13.2 Å². The molecule has 4 heterocycles. The smallest absolute Gasteiger partial charge is 0.227 e. The first kappa shape index (κ1) is 28.1. The molecule has 2 aromatic heterocycles. The molecule has 1 unspecified atom stereocenters. The van der Waals surface area contributed by atoms with Crippen molar-refractivity contribution in [2.75, 3.05) is 53.9 Å². The van der Waals surface area contributed by atoms with Crippen molar-refractivity contribution in [3.8, 4) is 6.07 Å². The molecular formula is C29H37N7O3S. The first-order chi connectivity index (χ1) is 19.1. The largest absolute Gasteiger partial charge is 0.380 e. The van der Waals surface area contributed by atoms with Crippen LogP contribution in [0.25, 0.3) is 10.8 Å². The number of hydrogen-bond donors (Lipinski definition) is 1. The maximum Gasteiger partial charge on any atom is 0.227 e. The van der Waals surface area contributed by atoms with Crippen LogP contribution in [0.1, 0.15) is 38.7 Å². The fourth-order valence-corrected chi connectivity index (χ4v) is 7.04. The Morgan fingerprint density at radius 3 is 2.65 bits per heavy atom. The van der Waals surface area contributed by atoms with Gasteiger partial charge in [-0.15, -0.1) is 0 Å². The molecule has 11 heteroatoms. The number of sulfone groups is 1. The van der Waals surface area contributed by atoms with Gasteiger partial charge in [-0.2, -0.15) is 10.2 Å². The Morgan fingerprint density at radius 2 is 1.98 bits per heavy atom. The van der Waals surface area contributed by atoms with E-state index < -0.39 is 9.84 Å². The van der Waals surface area contributed by atoms with Gasteiger partial charge >= 0.3 is 0 Å². The van der Waals surface area contributed by atoms with E-state index in [1.807, 2.05) is 17.2 Å². The van der Waals surface area contributed by atoms with Crippen molar-refractivity contribution >= 4 is 43.9 Å². The number of fused-ring (bicyclic) bond motifs is 1. The number of pyridine rings is 1. The average Bonchev–Trinajstić information content (AvgIpc) is 2.93. The Balaban J connectivity index is 1.40. The molecule has 0 aliphatic carbocycles. The number of rotatable bonds is 8. The third-order valence-electron chi connectivity index (χ3n) is 8.16. The highest BCUT2D eigenvalue weighted by atomic mass is 32.2. The number of aromatic nitrogens is 3. The van der Waals surface area contributed by atoms with Gasteiger partial charge in [-0.3, -0.25) is 0 Å². The summed E-state index contributed by atoms with van der Waals surface area (Å²) in [6, 6.07) is 10.7. The normalized spacial score (nSPS) is 23.2. The topological polar surface area (TPSA) is 124 Å². The lowest BCUT2D eigenvalue weighted by molar-refractivity contribution is 0.0566. The molecule has 3 aromatic rings. The van der Waals surface area contributed by atoms with E-state index >= 15 is 0 Å². The average molecular weight is 564 g/mol. The number of nitriles is 1. The highest BCUT2D eigenvalue weighted by molar-refractivity contribution is 7.90. The summed E-state index contributed by atoms with van der Waals surface area (Å²) in [5, 5.41) is 15.1. The Kier molecular flexibility index (Phi) is 7.84. The van der Waals surface area contributed by atoms with Gasteiger partial charge in [0.15, 0.2) is 0 Å². The van der Waals surface area contributed by atoms with Crippen LogP contribution in [-0.2, 0) is 14.6 Å². The predicted octanol–water partition coefficient (Wildman–Crippen LogP) is 4.13.